The minimum atomic E-state index is -0.476. The molecule has 0 bridgehead atoms. The third-order valence-electron chi connectivity index (χ3n) is 2.75. The summed E-state index contributed by atoms with van der Waals surface area (Å²) < 4.78 is 6.89. The van der Waals surface area contributed by atoms with Crippen molar-refractivity contribution < 1.29 is 9.66 Å². The molecule has 1 saturated heterocycles. The summed E-state index contributed by atoms with van der Waals surface area (Å²) in [5.74, 6) is 0.873. The van der Waals surface area contributed by atoms with Gasteiger partial charge >= 0.3 is 5.82 Å². The molecule has 8 nitrogen and oxygen atoms in total. The van der Waals surface area contributed by atoms with E-state index in [-0.39, 0.29) is 5.82 Å². The maximum atomic E-state index is 10.9. The summed E-state index contributed by atoms with van der Waals surface area (Å²) in [6, 6.07) is 0. The van der Waals surface area contributed by atoms with Crippen LogP contribution in [0.3, 0.4) is 0 Å². The van der Waals surface area contributed by atoms with E-state index in [1.54, 1.807) is 18.5 Å². The van der Waals surface area contributed by atoms with Crippen LogP contribution in [-0.2, 0) is 11.8 Å². The summed E-state index contributed by atoms with van der Waals surface area (Å²) >= 11 is 0. The number of nitro groups is 1. The van der Waals surface area contributed by atoms with Crippen LogP contribution in [0.4, 0.5) is 11.6 Å². The number of hydrogen-bond donors (Lipinski definition) is 1. The summed E-state index contributed by atoms with van der Waals surface area (Å²) in [6.45, 7) is 4.37. The molecule has 8 heteroatoms. The van der Waals surface area contributed by atoms with E-state index in [0.717, 1.165) is 0 Å². The van der Waals surface area contributed by atoms with Crippen molar-refractivity contribution in [2.75, 3.05) is 31.7 Å². The molecule has 0 atom stereocenters. The van der Waals surface area contributed by atoms with Gasteiger partial charge in [0, 0.05) is 27.1 Å². The quantitative estimate of drug-likeness (QED) is 0.605. The number of hydrogen-bond acceptors (Lipinski definition) is 6. The van der Waals surface area contributed by atoms with E-state index >= 15 is 0 Å². The molecule has 1 aliphatic rings. The lowest BCUT2D eigenvalue weighted by Crippen LogP contribution is -2.40. The number of imidazole rings is 1. The van der Waals surface area contributed by atoms with E-state index in [9.17, 15) is 10.1 Å². The average Bonchev–Trinajstić information content (AvgIpc) is 2.59. The standard InChI is InChI=1S/C9H15N5O3/c1-7-10-8(14(15)16)9(12(7)2)11-13-3-5-17-6-4-13/h11H,3-6H2,1-2H3. The number of aryl methyl sites for hydroxylation is 1. The maximum absolute atomic E-state index is 10.9. The van der Waals surface area contributed by atoms with Gasteiger partial charge in [-0.2, -0.15) is 0 Å². The van der Waals surface area contributed by atoms with Gasteiger partial charge in [-0.05, 0) is 9.91 Å². The van der Waals surface area contributed by atoms with Crippen LogP contribution in [0.15, 0.2) is 0 Å². The number of anilines is 1. The van der Waals surface area contributed by atoms with Crippen molar-refractivity contribution in [1.82, 2.24) is 14.6 Å². The lowest BCUT2D eigenvalue weighted by molar-refractivity contribution is -0.388. The molecule has 94 valence electrons. The van der Waals surface area contributed by atoms with Crippen LogP contribution in [0.5, 0.6) is 0 Å². The van der Waals surface area contributed by atoms with Gasteiger partial charge in [0.2, 0.25) is 11.6 Å². The Morgan fingerprint density at radius 2 is 2.12 bits per heavy atom. The molecule has 17 heavy (non-hydrogen) atoms. The van der Waals surface area contributed by atoms with Crippen LogP contribution in [-0.4, -0.2) is 45.8 Å². The molecule has 1 aliphatic heterocycles. The number of rotatable bonds is 3. The molecular formula is C9H15N5O3. The van der Waals surface area contributed by atoms with Gasteiger partial charge in [-0.1, -0.05) is 0 Å². The summed E-state index contributed by atoms with van der Waals surface area (Å²) in [5, 5.41) is 12.8. The van der Waals surface area contributed by atoms with Crippen LogP contribution >= 0.6 is 0 Å². The monoisotopic (exact) mass is 241 g/mol. The van der Waals surface area contributed by atoms with Crippen LogP contribution in [0.2, 0.25) is 0 Å². The van der Waals surface area contributed by atoms with E-state index in [1.165, 1.54) is 0 Å². The second-order valence-corrected chi connectivity index (χ2v) is 3.86. The lowest BCUT2D eigenvalue weighted by Gasteiger charge is -2.27. The number of ether oxygens (including phenoxy) is 1. The second kappa shape index (κ2) is 4.68. The Hall–Kier alpha value is -1.67. The van der Waals surface area contributed by atoms with Gasteiger partial charge in [0.1, 0.15) is 0 Å². The van der Waals surface area contributed by atoms with Gasteiger partial charge < -0.3 is 14.9 Å². The third-order valence-corrected chi connectivity index (χ3v) is 2.75. The summed E-state index contributed by atoms with van der Waals surface area (Å²) in [6.07, 6.45) is 0. The SMILES string of the molecule is Cc1nc([N+](=O)[O-])c(NN2CCOCC2)n1C. The molecule has 0 aliphatic carbocycles. The number of nitrogens with one attached hydrogen (secondary N) is 1. The maximum Gasteiger partial charge on any atom is 0.408 e. The van der Waals surface area contributed by atoms with E-state index in [2.05, 4.69) is 10.4 Å². The number of nitrogens with zero attached hydrogens (tertiary/aromatic N) is 4. The normalized spacial score (nSPS) is 17.1. The van der Waals surface area contributed by atoms with Gasteiger partial charge in [0.05, 0.1) is 13.2 Å². The van der Waals surface area contributed by atoms with Crippen molar-refractivity contribution in [3.8, 4) is 0 Å². The molecular weight excluding hydrogens is 226 g/mol. The molecule has 0 unspecified atom stereocenters. The zero-order valence-corrected chi connectivity index (χ0v) is 9.84. The van der Waals surface area contributed by atoms with Gasteiger partial charge in [-0.15, -0.1) is 0 Å². The van der Waals surface area contributed by atoms with Crippen molar-refractivity contribution in [1.29, 1.82) is 0 Å². The molecule has 2 heterocycles. The zero-order chi connectivity index (χ0) is 12.4. The zero-order valence-electron chi connectivity index (χ0n) is 9.84. The molecule has 0 aromatic carbocycles. The summed E-state index contributed by atoms with van der Waals surface area (Å²) in [5.41, 5.74) is 3.03. The van der Waals surface area contributed by atoms with E-state index in [1.807, 2.05) is 5.01 Å². The van der Waals surface area contributed by atoms with Gasteiger partial charge in [-0.25, -0.2) is 5.01 Å². The fourth-order valence-electron chi connectivity index (χ4n) is 1.67. The minimum absolute atomic E-state index is 0.142. The molecule has 1 aromatic rings. The fourth-order valence-corrected chi connectivity index (χ4v) is 1.67. The fraction of sp³-hybridized carbons (Fsp3) is 0.667. The molecule has 0 amide bonds. The number of hydrazine groups is 1. The first-order valence-electron chi connectivity index (χ1n) is 5.36. The Bertz CT molecular complexity index is 425. The Labute approximate surface area is 98.3 Å². The Morgan fingerprint density at radius 1 is 1.47 bits per heavy atom. The highest BCUT2D eigenvalue weighted by Gasteiger charge is 2.25. The van der Waals surface area contributed by atoms with Gasteiger partial charge in [-0.3, -0.25) is 9.99 Å². The lowest BCUT2D eigenvalue weighted by atomic mass is 10.5. The first-order chi connectivity index (χ1) is 8.09. The number of aromatic nitrogens is 2. The number of morpholine rings is 1. The highest BCUT2D eigenvalue weighted by atomic mass is 16.6. The van der Waals surface area contributed by atoms with E-state index < -0.39 is 4.92 Å². The Morgan fingerprint density at radius 3 is 2.71 bits per heavy atom. The van der Waals surface area contributed by atoms with Crippen molar-refractivity contribution in [2.24, 2.45) is 7.05 Å². The van der Waals surface area contributed by atoms with Crippen LogP contribution < -0.4 is 5.43 Å². The largest absolute Gasteiger partial charge is 0.408 e. The summed E-state index contributed by atoms with van der Waals surface area (Å²) in [7, 11) is 1.75. The first-order valence-corrected chi connectivity index (χ1v) is 5.36. The Kier molecular flexibility index (Phi) is 3.25. The third kappa shape index (κ3) is 2.37. The topological polar surface area (TPSA) is 85.5 Å². The molecule has 2 rings (SSSR count). The molecule has 0 radical (unpaired) electrons. The first kappa shape index (κ1) is 11.8. The van der Waals surface area contributed by atoms with Crippen molar-refractivity contribution in [2.45, 2.75) is 6.92 Å². The summed E-state index contributed by atoms with van der Waals surface area (Å²) in [4.78, 5) is 14.3. The van der Waals surface area contributed by atoms with Crippen LogP contribution in [0.25, 0.3) is 0 Å². The predicted molar refractivity (Wildman–Crippen MR) is 60.6 cm³/mol. The molecule has 1 aromatic heterocycles. The molecule has 0 spiro atoms. The van der Waals surface area contributed by atoms with Crippen molar-refractivity contribution in [3.05, 3.63) is 15.9 Å². The highest BCUT2D eigenvalue weighted by molar-refractivity contribution is 5.52. The van der Waals surface area contributed by atoms with Crippen LogP contribution in [0, 0.1) is 17.0 Å². The predicted octanol–water partition coefficient (Wildman–Crippen LogP) is 0.296. The van der Waals surface area contributed by atoms with Crippen LogP contribution in [0.1, 0.15) is 5.82 Å². The van der Waals surface area contributed by atoms with Gasteiger partial charge in [0.15, 0.2) is 0 Å². The minimum Gasteiger partial charge on any atom is -0.379 e. The van der Waals surface area contributed by atoms with Crippen molar-refractivity contribution >= 4 is 11.6 Å². The van der Waals surface area contributed by atoms with Crippen molar-refractivity contribution in [3.63, 3.8) is 0 Å². The average molecular weight is 241 g/mol. The molecule has 1 fully saturated rings. The Balaban J connectivity index is 2.21. The smallest absolute Gasteiger partial charge is 0.379 e. The molecule has 1 N–H and O–H groups in total. The van der Waals surface area contributed by atoms with E-state index in [0.29, 0.717) is 37.9 Å². The van der Waals surface area contributed by atoms with Gasteiger partial charge in [0.25, 0.3) is 0 Å². The van der Waals surface area contributed by atoms with E-state index in [4.69, 9.17) is 4.74 Å². The molecule has 0 saturated carbocycles. The highest BCUT2D eigenvalue weighted by Crippen LogP contribution is 2.24. The second-order valence-electron chi connectivity index (χ2n) is 3.86.